The van der Waals surface area contributed by atoms with Gasteiger partial charge in [-0.25, -0.2) is 0 Å². The minimum atomic E-state index is -0.119. The number of amides is 1. The fraction of sp³-hybridized carbons (Fsp3) is 0.235. The number of aryl methyl sites for hydroxylation is 2. The molecular formula is C17H18N2OS2. The molecule has 22 heavy (non-hydrogen) atoms. The fourth-order valence-electron chi connectivity index (χ4n) is 2.20. The zero-order valence-electron chi connectivity index (χ0n) is 12.6. The third kappa shape index (κ3) is 3.36. The third-order valence-corrected chi connectivity index (χ3v) is 5.55. The first-order valence-corrected chi connectivity index (χ1v) is 9.00. The zero-order valence-corrected chi connectivity index (χ0v) is 14.2. The molecule has 1 aliphatic rings. The lowest BCUT2D eigenvalue weighted by Crippen LogP contribution is -2.30. The van der Waals surface area contributed by atoms with Crippen LogP contribution in [-0.2, 0) is 11.2 Å². The first-order chi connectivity index (χ1) is 10.7. The molecule has 3 nitrogen and oxygen atoms in total. The van der Waals surface area contributed by atoms with Gasteiger partial charge in [-0.3, -0.25) is 4.79 Å². The molecule has 0 bridgehead atoms. The molecule has 1 aromatic carbocycles. The highest BCUT2D eigenvalue weighted by Gasteiger charge is 2.27. The number of hydrogen-bond acceptors (Lipinski definition) is 4. The molecule has 1 fully saturated rings. The molecule has 1 aliphatic heterocycles. The number of hydrogen-bond donors (Lipinski definition) is 2. The van der Waals surface area contributed by atoms with Gasteiger partial charge in [0.2, 0.25) is 0 Å². The van der Waals surface area contributed by atoms with Crippen molar-refractivity contribution in [3.8, 4) is 0 Å². The van der Waals surface area contributed by atoms with E-state index in [2.05, 4.69) is 54.8 Å². The molecule has 1 aromatic heterocycles. The predicted octanol–water partition coefficient (Wildman–Crippen LogP) is 4.22. The van der Waals surface area contributed by atoms with Crippen LogP contribution in [0.3, 0.4) is 0 Å². The van der Waals surface area contributed by atoms with Gasteiger partial charge in [0.1, 0.15) is 0 Å². The topological polar surface area (TPSA) is 41.1 Å². The van der Waals surface area contributed by atoms with Crippen molar-refractivity contribution in [3.63, 3.8) is 0 Å². The van der Waals surface area contributed by atoms with Gasteiger partial charge in [-0.15, -0.1) is 11.3 Å². The Morgan fingerprint density at radius 2 is 2.05 bits per heavy atom. The van der Waals surface area contributed by atoms with Crippen LogP contribution >= 0.6 is 23.1 Å². The van der Waals surface area contributed by atoms with Crippen molar-refractivity contribution in [1.29, 1.82) is 0 Å². The Bertz CT molecular complexity index is 704. The molecule has 2 N–H and O–H groups in total. The Morgan fingerprint density at radius 1 is 1.27 bits per heavy atom. The monoisotopic (exact) mass is 330 g/mol. The van der Waals surface area contributed by atoms with Crippen LogP contribution in [0.15, 0.2) is 40.6 Å². The van der Waals surface area contributed by atoms with Crippen LogP contribution in [0.2, 0.25) is 0 Å². The lowest BCUT2D eigenvalue weighted by atomic mass is 10.1. The fourth-order valence-corrected chi connectivity index (χ4v) is 4.10. The summed E-state index contributed by atoms with van der Waals surface area (Å²) in [4.78, 5) is 14.0. The first-order valence-electron chi connectivity index (χ1n) is 7.24. The SMILES string of the molecule is CCc1ccc(N[C@H]2NC(=O)/C(=C/c3sccc3C)S2)cc1. The van der Waals surface area contributed by atoms with Crippen molar-refractivity contribution in [2.24, 2.45) is 0 Å². The summed E-state index contributed by atoms with van der Waals surface area (Å²) in [6, 6.07) is 10.4. The molecule has 5 heteroatoms. The Hall–Kier alpha value is -1.72. The van der Waals surface area contributed by atoms with E-state index in [4.69, 9.17) is 0 Å². The number of carbonyl (C=O) groups is 1. The van der Waals surface area contributed by atoms with Gasteiger partial charge in [0, 0.05) is 10.6 Å². The molecule has 0 aliphatic carbocycles. The van der Waals surface area contributed by atoms with Gasteiger partial charge in [-0.05, 0) is 54.1 Å². The lowest BCUT2D eigenvalue weighted by Gasteiger charge is -2.12. The quantitative estimate of drug-likeness (QED) is 0.825. The van der Waals surface area contributed by atoms with Crippen LogP contribution < -0.4 is 10.6 Å². The minimum absolute atomic E-state index is 0.0134. The van der Waals surface area contributed by atoms with Gasteiger partial charge in [0.15, 0.2) is 5.50 Å². The van der Waals surface area contributed by atoms with E-state index < -0.39 is 0 Å². The third-order valence-electron chi connectivity index (χ3n) is 3.55. The Labute approximate surface area is 138 Å². The smallest absolute Gasteiger partial charge is 0.260 e. The van der Waals surface area contributed by atoms with Gasteiger partial charge < -0.3 is 10.6 Å². The molecule has 0 saturated carbocycles. The average molecular weight is 330 g/mol. The van der Waals surface area contributed by atoms with Crippen LogP contribution in [0, 0.1) is 6.92 Å². The van der Waals surface area contributed by atoms with E-state index in [0.717, 1.165) is 21.9 Å². The number of anilines is 1. The molecule has 0 spiro atoms. The van der Waals surface area contributed by atoms with E-state index in [0.29, 0.717) is 0 Å². The lowest BCUT2D eigenvalue weighted by molar-refractivity contribution is -0.116. The molecular weight excluding hydrogens is 312 g/mol. The standard InChI is InChI=1S/C17H18N2OS2/c1-3-12-4-6-13(7-5-12)18-17-19-16(20)15(22-17)10-14-11(2)8-9-21-14/h4-10,17-18H,3H2,1-2H3,(H,19,20)/b15-10-/t17-/m0/s1. The van der Waals surface area contributed by atoms with Crippen LogP contribution in [0.4, 0.5) is 5.69 Å². The molecule has 3 rings (SSSR count). The van der Waals surface area contributed by atoms with Crippen LogP contribution in [0.5, 0.6) is 0 Å². The van der Waals surface area contributed by atoms with Gasteiger partial charge >= 0.3 is 0 Å². The van der Waals surface area contributed by atoms with E-state index in [9.17, 15) is 4.79 Å². The summed E-state index contributed by atoms with van der Waals surface area (Å²) < 4.78 is 0. The molecule has 0 radical (unpaired) electrons. The van der Waals surface area contributed by atoms with Gasteiger partial charge in [0.25, 0.3) is 5.91 Å². The maximum atomic E-state index is 12.1. The second kappa shape index (κ2) is 6.58. The molecule has 1 atom stereocenters. The summed E-state index contributed by atoms with van der Waals surface area (Å²) in [6.45, 7) is 4.20. The maximum Gasteiger partial charge on any atom is 0.260 e. The molecule has 1 saturated heterocycles. The number of rotatable bonds is 4. The van der Waals surface area contributed by atoms with Gasteiger partial charge in [-0.1, -0.05) is 30.8 Å². The summed E-state index contributed by atoms with van der Waals surface area (Å²) in [5, 5.41) is 8.35. The first kappa shape index (κ1) is 15.2. The summed E-state index contributed by atoms with van der Waals surface area (Å²) in [7, 11) is 0. The zero-order chi connectivity index (χ0) is 15.5. The Kier molecular flexibility index (Phi) is 4.55. The molecule has 2 heterocycles. The van der Waals surface area contributed by atoms with Crippen LogP contribution in [-0.4, -0.2) is 11.4 Å². The van der Waals surface area contributed by atoms with Crippen molar-refractivity contribution >= 4 is 40.8 Å². The molecule has 1 amide bonds. The van der Waals surface area contributed by atoms with Crippen molar-refractivity contribution in [1.82, 2.24) is 5.32 Å². The largest absolute Gasteiger partial charge is 0.357 e. The number of carbonyl (C=O) groups excluding carboxylic acids is 1. The predicted molar refractivity (Wildman–Crippen MR) is 96.0 cm³/mol. The van der Waals surface area contributed by atoms with E-state index in [1.54, 1.807) is 11.3 Å². The highest BCUT2D eigenvalue weighted by atomic mass is 32.2. The Balaban J connectivity index is 1.69. The molecule has 114 valence electrons. The summed E-state index contributed by atoms with van der Waals surface area (Å²) in [5.41, 5.74) is 3.41. The van der Waals surface area contributed by atoms with E-state index in [1.807, 2.05) is 11.5 Å². The van der Waals surface area contributed by atoms with Gasteiger partial charge in [0.05, 0.1) is 4.91 Å². The number of benzene rings is 1. The number of thioether (sulfide) groups is 1. The van der Waals surface area contributed by atoms with Crippen LogP contribution in [0.1, 0.15) is 22.9 Å². The molecule has 2 aromatic rings. The van der Waals surface area contributed by atoms with Crippen molar-refractivity contribution in [2.75, 3.05) is 5.32 Å². The highest BCUT2D eigenvalue weighted by Crippen LogP contribution is 2.32. The van der Waals surface area contributed by atoms with Crippen molar-refractivity contribution in [2.45, 2.75) is 25.8 Å². The highest BCUT2D eigenvalue weighted by molar-refractivity contribution is 8.05. The van der Waals surface area contributed by atoms with E-state index in [-0.39, 0.29) is 11.4 Å². The van der Waals surface area contributed by atoms with E-state index in [1.165, 1.54) is 22.9 Å². The maximum absolute atomic E-state index is 12.1. The summed E-state index contributed by atoms with van der Waals surface area (Å²) in [6.07, 6.45) is 3.00. The van der Waals surface area contributed by atoms with Gasteiger partial charge in [-0.2, -0.15) is 0 Å². The number of nitrogens with one attached hydrogen (secondary N) is 2. The normalized spacial score (nSPS) is 19.5. The Morgan fingerprint density at radius 3 is 2.68 bits per heavy atom. The second-order valence-corrected chi connectivity index (χ2v) is 7.24. The average Bonchev–Trinajstić information content (AvgIpc) is 3.07. The van der Waals surface area contributed by atoms with Crippen molar-refractivity contribution in [3.05, 3.63) is 56.6 Å². The summed E-state index contributed by atoms with van der Waals surface area (Å²) >= 11 is 3.18. The molecule has 0 unspecified atom stereocenters. The summed E-state index contributed by atoms with van der Waals surface area (Å²) in [5.74, 6) is -0.0134. The second-order valence-electron chi connectivity index (χ2n) is 5.14. The van der Waals surface area contributed by atoms with Crippen molar-refractivity contribution < 1.29 is 4.79 Å². The van der Waals surface area contributed by atoms with E-state index >= 15 is 0 Å². The number of thiophene rings is 1. The minimum Gasteiger partial charge on any atom is -0.357 e. The van der Waals surface area contributed by atoms with Crippen LogP contribution in [0.25, 0.3) is 6.08 Å².